The fourth-order valence-electron chi connectivity index (χ4n) is 2.53. The molecule has 0 amide bonds. The molecule has 3 rings (SSSR count). The molecule has 1 aliphatic rings. The molecule has 1 aromatic carbocycles. The number of ether oxygens (including phenoxy) is 2. The van der Waals surface area contributed by atoms with Crippen LogP contribution >= 0.6 is 0 Å². The fraction of sp³-hybridized carbons (Fsp3) is 0.412. The van der Waals surface area contributed by atoms with Gasteiger partial charge in [-0.1, -0.05) is 37.0 Å². The first kappa shape index (κ1) is 14.4. The average Bonchev–Trinajstić information content (AvgIpc) is 2.89. The summed E-state index contributed by atoms with van der Waals surface area (Å²) in [5.41, 5.74) is 1.75. The molecular formula is C17H20O3Si. The highest BCUT2D eigenvalue weighted by Crippen LogP contribution is 2.31. The van der Waals surface area contributed by atoms with Crippen molar-refractivity contribution < 1.29 is 13.9 Å². The van der Waals surface area contributed by atoms with Gasteiger partial charge in [-0.25, -0.2) is 0 Å². The van der Waals surface area contributed by atoms with E-state index in [1.807, 2.05) is 6.07 Å². The second-order valence-electron chi connectivity index (χ2n) is 6.42. The van der Waals surface area contributed by atoms with Gasteiger partial charge in [0.2, 0.25) is 0 Å². The van der Waals surface area contributed by atoms with Crippen LogP contribution in [0, 0.1) is 12.3 Å². The molecule has 0 N–H and O–H groups in total. The predicted octanol–water partition coefficient (Wildman–Crippen LogP) is 3.39. The van der Waals surface area contributed by atoms with Crippen molar-refractivity contribution in [1.29, 1.82) is 0 Å². The van der Waals surface area contributed by atoms with Gasteiger partial charge in [-0.3, -0.25) is 0 Å². The maximum absolute atomic E-state index is 5.79. The molecule has 2 aromatic rings. The first-order chi connectivity index (χ1) is 9.99. The smallest absolute Gasteiger partial charge is 0.187 e. The summed E-state index contributed by atoms with van der Waals surface area (Å²) in [5.74, 6) is 3.12. The summed E-state index contributed by atoms with van der Waals surface area (Å²) < 4.78 is 17.3. The maximum atomic E-state index is 5.79. The highest BCUT2D eigenvalue weighted by Gasteiger charge is 2.25. The highest BCUT2D eigenvalue weighted by molar-refractivity contribution is 6.88. The van der Waals surface area contributed by atoms with Gasteiger partial charge in [0.15, 0.2) is 12.1 Å². The lowest BCUT2D eigenvalue weighted by molar-refractivity contribution is -0.182. The number of benzene rings is 1. The van der Waals surface area contributed by atoms with Gasteiger partial charge in [-0.15, -0.1) is 6.42 Å². The van der Waals surface area contributed by atoms with Gasteiger partial charge in [0.05, 0.1) is 26.9 Å². The minimum atomic E-state index is -1.45. The van der Waals surface area contributed by atoms with Crippen LogP contribution in [0.5, 0.6) is 0 Å². The quantitative estimate of drug-likeness (QED) is 0.629. The van der Waals surface area contributed by atoms with Crippen molar-refractivity contribution >= 4 is 24.2 Å². The number of fused-ring (bicyclic) bond motifs is 1. The third-order valence-corrected chi connectivity index (χ3v) is 5.76. The Morgan fingerprint density at radius 1 is 1.14 bits per heavy atom. The van der Waals surface area contributed by atoms with Crippen molar-refractivity contribution in [3.63, 3.8) is 0 Å². The Morgan fingerprint density at radius 2 is 1.86 bits per heavy atom. The molecule has 4 heteroatoms. The van der Waals surface area contributed by atoms with Crippen molar-refractivity contribution in [3.8, 4) is 12.3 Å². The summed E-state index contributed by atoms with van der Waals surface area (Å²) >= 11 is 0. The Balaban J connectivity index is 2.19. The molecule has 1 saturated heterocycles. The molecule has 3 nitrogen and oxygen atoms in total. The lowest BCUT2D eigenvalue weighted by Crippen LogP contribution is -2.38. The number of rotatable bonds is 2. The zero-order valence-corrected chi connectivity index (χ0v) is 13.7. The van der Waals surface area contributed by atoms with Crippen LogP contribution in [0.3, 0.4) is 0 Å². The first-order valence-corrected chi connectivity index (χ1v) is 10.8. The molecule has 0 radical (unpaired) electrons. The van der Waals surface area contributed by atoms with E-state index in [0.717, 1.165) is 23.0 Å². The predicted molar refractivity (Wildman–Crippen MR) is 86.4 cm³/mol. The molecule has 2 heterocycles. The normalized spacial score (nSPS) is 17.0. The lowest BCUT2D eigenvalue weighted by atomic mass is 10.1. The van der Waals surface area contributed by atoms with E-state index in [-0.39, 0.29) is 6.29 Å². The highest BCUT2D eigenvalue weighted by atomic mass is 28.3. The molecule has 110 valence electrons. The largest absolute Gasteiger partial charge is 0.447 e. The summed E-state index contributed by atoms with van der Waals surface area (Å²) in [7, 11) is -1.45. The molecule has 0 atom stereocenters. The number of terminal acetylenes is 1. The maximum Gasteiger partial charge on any atom is 0.187 e. The molecule has 0 spiro atoms. The molecule has 21 heavy (non-hydrogen) atoms. The second-order valence-corrected chi connectivity index (χ2v) is 11.5. The van der Waals surface area contributed by atoms with Gasteiger partial charge >= 0.3 is 0 Å². The van der Waals surface area contributed by atoms with Crippen molar-refractivity contribution in [2.24, 2.45) is 0 Å². The number of furan rings is 1. The summed E-state index contributed by atoms with van der Waals surface area (Å²) in [6.07, 6.45) is 6.05. The van der Waals surface area contributed by atoms with Crippen LogP contribution < -0.4 is 5.19 Å². The van der Waals surface area contributed by atoms with Crippen molar-refractivity contribution in [1.82, 2.24) is 0 Å². The van der Waals surface area contributed by atoms with Crippen molar-refractivity contribution in [2.45, 2.75) is 32.4 Å². The zero-order chi connectivity index (χ0) is 15.0. The van der Waals surface area contributed by atoms with E-state index in [9.17, 15) is 0 Å². The third-order valence-electron chi connectivity index (χ3n) is 3.73. The molecule has 0 saturated carbocycles. The van der Waals surface area contributed by atoms with Crippen LogP contribution in [0.2, 0.25) is 19.6 Å². The monoisotopic (exact) mass is 300 g/mol. The molecular weight excluding hydrogens is 280 g/mol. The molecule has 1 fully saturated rings. The summed E-state index contributed by atoms with van der Waals surface area (Å²) in [4.78, 5) is 0. The Hall–Kier alpha value is -1.54. The van der Waals surface area contributed by atoms with Crippen LogP contribution in [0.4, 0.5) is 0 Å². The number of hydrogen-bond acceptors (Lipinski definition) is 3. The molecule has 0 aliphatic carbocycles. The average molecular weight is 300 g/mol. The Bertz CT molecular complexity index is 697. The van der Waals surface area contributed by atoms with E-state index in [1.54, 1.807) is 0 Å². The van der Waals surface area contributed by atoms with Gasteiger partial charge < -0.3 is 13.9 Å². The van der Waals surface area contributed by atoms with Crippen LogP contribution in [-0.2, 0) is 9.47 Å². The Morgan fingerprint density at radius 3 is 2.48 bits per heavy atom. The van der Waals surface area contributed by atoms with Gasteiger partial charge in [0, 0.05) is 11.5 Å². The van der Waals surface area contributed by atoms with Crippen molar-refractivity contribution in [3.05, 3.63) is 29.5 Å². The molecule has 1 aliphatic heterocycles. The van der Waals surface area contributed by atoms with Crippen LogP contribution in [-0.4, -0.2) is 21.3 Å². The van der Waals surface area contributed by atoms with Gasteiger partial charge in [-0.2, -0.15) is 0 Å². The fourth-order valence-corrected chi connectivity index (χ4v) is 3.70. The van der Waals surface area contributed by atoms with E-state index in [1.165, 1.54) is 5.19 Å². The standard InChI is InChI=1S/C17H20O3Si/c1-5-13-9-12-10-14(21(2,3)4)11-15(16(12)20-13)17-18-7-6-8-19-17/h1,9-11,17H,6-8H2,2-4H3. The van der Waals surface area contributed by atoms with Gasteiger partial charge in [0.1, 0.15) is 5.58 Å². The van der Waals surface area contributed by atoms with Crippen molar-refractivity contribution in [2.75, 3.05) is 13.2 Å². The minimum absolute atomic E-state index is 0.352. The Kier molecular flexibility index (Phi) is 3.66. The van der Waals surface area contributed by atoms with E-state index >= 15 is 0 Å². The summed E-state index contributed by atoms with van der Waals surface area (Å²) in [5, 5.41) is 2.39. The topological polar surface area (TPSA) is 31.6 Å². The molecule has 0 bridgehead atoms. The Labute approximate surface area is 126 Å². The zero-order valence-electron chi connectivity index (χ0n) is 12.7. The third kappa shape index (κ3) is 2.77. The minimum Gasteiger partial charge on any atom is -0.447 e. The van der Waals surface area contributed by atoms with E-state index in [2.05, 4.69) is 37.7 Å². The molecule has 1 aromatic heterocycles. The van der Waals surface area contributed by atoms with Crippen LogP contribution in [0.15, 0.2) is 22.6 Å². The van der Waals surface area contributed by atoms with Crippen LogP contribution in [0.1, 0.15) is 24.0 Å². The molecule has 0 unspecified atom stereocenters. The summed E-state index contributed by atoms with van der Waals surface area (Å²) in [6, 6.07) is 6.29. The SMILES string of the molecule is C#Cc1cc2cc([Si](C)(C)C)cc(C3OCCCO3)c2o1. The van der Waals surface area contributed by atoms with Gasteiger partial charge in [-0.05, 0) is 12.3 Å². The van der Waals surface area contributed by atoms with E-state index < -0.39 is 8.07 Å². The summed E-state index contributed by atoms with van der Waals surface area (Å²) in [6.45, 7) is 8.40. The lowest BCUT2D eigenvalue weighted by Gasteiger charge is -2.25. The van der Waals surface area contributed by atoms with Gasteiger partial charge in [0.25, 0.3) is 0 Å². The van der Waals surface area contributed by atoms with E-state index in [4.69, 9.17) is 20.3 Å². The second kappa shape index (κ2) is 5.34. The first-order valence-electron chi connectivity index (χ1n) is 7.27. The number of hydrogen-bond donors (Lipinski definition) is 0. The van der Waals surface area contributed by atoms with Crippen LogP contribution in [0.25, 0.3) is 11.0 Å². The van der Waals surface area contributed by atoms with E-state index in [0.29, 0.717) is 19.0 Å².